The molecule has 0 radical (unpaired) electrons. The Balaban J connectivity index is 1.78. The molecule has 1 aliphatic carbocycles. The maximum Gasteiger partial charge on any atom is 0.107 e. The van der Waals surface area contributed by atoms with E-state index in [1.54, 1.807) is 0 Å². The summed E-state index contributed by atoms with van der Waals surface area (Å²) < 4.78 is 0.557. The Morgan fingerprint density at radius 2 is 2.20 bits per heavy atom. The number of thioether (sulfide) groups is 1. The van der Waals surface area contributed by atoms with Crippen LogP contribution in [0, 0.1) is 13.8 Å². The molecule has 1 aromatic rings. The maximum absolute atomic E-state index is 4.53. The van der Waals surface area contributed by atoms with Crippen LogP contribution in [-0.2, 0) is 6.54 Å². The van der Waals surface area contributed by atoms with E-state index in [4.69, 9.17) is 0 Å². The van der Waals surface area contributed by atoms with Crippen LogP contribution in [0.4, 0.5) is 0 Å². The largest absolute Gasteiger partial charge is 0.309 e. The molecule has 0 bridgehead atoms. The second kappa shape index (κ2) is 4.44. The lowest BCUT2D eigenvalue weighted by Crippen LogP contribution is -2.25. The molecule has 15 heavy (non-hydrogen) atoms. The highest BCUT2D eigenvalue weighted by Crippen LogP contribution is 2.46. The first-order chi connectivity index (χ1) is 7.15. The van der Waals surface area contributed by atoms with E-state index in [1.165, 1.54) is 28.4 Å². The van der Waals surface area contributed by atoms with Crippen LogP contribution in [0.1, 0.15) is 28.4 Å². The molecule has 0 atom stereocenters. The van der Waals surface area contributed by atoms with Crippen LogP contribution in [0.2, 0.25) is 0 Å². The number of nitrogens with one attached hydrogen (secondary N) is 1. The van der Waals surface area contributed by atoms with Crippen LogP contribution >= 0.6 is 23.1 Å². The number of aryl methyl sites for hydroxylation is 2. The molecule has 84 valence electrons. The number of hydrogen-bond acceptors (Lipinski definition) is 4. The molecule has 0 amide bonds. The first kappa shape index (κ1) is 11.4. The molecule has 1 fully saturated rings. The maximum atomic E-state index is 4.53. The van der Waals surface area contributed by atoms with Gasteiger partial charge in [0.1, 0.15) is 5.01 Å². The van der Waals surface area contributed by atoms with Gasteiger partial charge in [-0.2, -0.15) is 11.8 Å². The van der Waals surface area contributed by atoms with E-state index in [1.807, 2.05) is 23.1 Å². The minimum atomic E-state index is 0.557. The molecule has 1 aliphatic rings. The third-order valence-electron chi connectivity index (χ3n) is 3.04. The average Bonchev–Trinajstić information content (AvgIpc) is 2.91. The van der Waals surface area contributed by atoms with Gasteiger partial charge >= 0.3 is 0 Å². The molecule has 2 nitrogen and oxygen atoms in total. The van der Waals surface area contributed by atoms with Crippen molar-refractivity contribution in [2.24, 2.45) is 0 Å². The monoisotopic (exact) mass is 242 g/mol. The number of hydrogen-bond donors (Lipinski definition) is 1. The number of nitrogens with zero attached hydrogens (tertiary/aromatic N) is 1. The first-order valence-electron chi connectivity index (χ1n) is 5.34. The van der Waals surface area contributed by atoms with E-state index in [0.717, 1.165) is 13.1 Å². The molecule has 1 saturated carbocycles. The van der Waals surface area contributed by atoms with Gasteiger partial charge in [-0.05, 0) is 32.9 Å². The summed E-state index contributed by atoms with van der Waals surface area (Å²) in [7, 11) is 0. The minimum Gasteiger partial charge on any atom is -0.309 e. The zero-order valence-electron chi connectivity index (χ0n) is 9.59. The standard InChI is InChI=1S/C11H18N2S2/c1-8-9(2)15-10(13-8)6-12-7-11(14-3)4-5-11/h12H,4-7H2,1-3H3. The lowest BCUT2D eigenvalue weighted by Gasteiger charge is -2.11. The molecule has 0 spiro atoms. The zero-order chi connectivity index (χ0) is 10.9. The summed E-state index contributed by atoms with van der Waals surface area (Å²) in [6.45, 7) is 6.29. The fourth-order valence-electron chi connectivity index (χ4n) is 1.60. The Bertz CT molecular complexity index is 323. The molecule has 1 aromatic heterocycles. The minimum absolute atomic E-state index is 0.557. The van der Waals surface area contributed by atoms with E-state index in [2.05, 4.69) is 30.4 Å². The van der Waals surface area contributed by atoms with Crippen molar-refractivity contribution >= 4 is 23.1 Å². The molecule has 1 N–H and O–H groups in total. The van der Waals surface area contributed by atoms with Crippen LogP contribution in [0.25, 0.3) is 0 Å². The van der Waals surface area contributed by atoms with Crippen molar-refractivity contribution in [1.82, 2.24) is 10.3 Å². The van der Waals surface area contributed by atoms with Gasteiger partial charge in [-0.1, -0.05) is 0 Å². The summed E-state index contributed by atoms with van der Waals surface area (Å²) in [4.78, 5) is 5.87. The number of thiazole rings is 1. The average molecular weight is 242 g/mol. The van der Waals surface area contributed by atoms with Crippen LogP contribution in [0.5, 0.6) is 0 Å². The van der Waals surface area contributed by atoms with Crippen LogP contribution < -0.4 is 5.32 Å². The Labute approximate surface area is 99.9 Å². The quantitative estimate of drug-likeness (QED) is 0.859. The summed E-state index contributed by atoms with van der Waals surface area (Å²) in [5.41, 5.74) is 1.18. The topological polar surface area (TPSA) is 24.9 Å². The van der Waals surface area contributed by atoms with Gasteiger partial charge in [-0.15, -0.1) is 11.3 Å². The first-order valence-corrected chi connectivity index (χ1v) is 7.38. The third kappa shape index (κ3) is 2.74. The second-order valence-corrected chi connectivity index (χ2v) is 6.80. The van der Waals surface area contributed by atoms with E-state index in [0.29, 0.717) is 4.75 Å². The Kier molecular flexibility index (Phi) is 3.38. The van der Waals surface area contributed by atoms with Crippen molar-refractivity contribution in [3.63, 3.8) is 0 Å². The normalized spacial score (nSPS) is 18.1. The predicted octanol–water partition coefficient (Wildman–Crippen LogP) is 2.75. The highest BCUT2D eigenvalue weighted by Gasteiger charge is 2.41. The fraction of sp³-hybridized carbons (Fsp3) is 0.727. The summed E-state index contributed by atoms with van der Waals surface area (Å²) >= 11 is 3.81. The molecule has 4 heteroatoms. The lowest BCUT2D eigenvalue weighted by molar-refractivity contribution is 0.660. The summed E-state index contributed by atoms with van der Waals surface area (Å²) in [6.07, 6.45) is 4.96. The predicted molar refractivity (Wildman–Crippen MR) is 68.8 cm³/mol. The molecule has 0 saturated heterocycles. The number of aromatic nitrogens is 1. The fourth-order valence-corrected chi connectivity index (χ4v) is 3.26. The molecule has 1 heterocycles. The van der Waals surface area contributed by atoms with Crippen LogP contribution in [0.15, 0.2) is 0 Å². The zero-order valence-corrected chi connectivity index (χ0v) is 11.2. The van der Waals surface area contributed by atoms with Crippen molar-refractivity contribution < 1.29 is 0 Å². The van der Waals surface area contributed by atoms with E-state index in [-0.39, 0.29) is 0 Å². The molecule has 0 unspecified atom stereocenters. The van der Waals surface area contributed by atoms with Gasteiger partial charge in [0.2, 0.25) is 0 Å². The van der Waals surface area contributed by atoms with E-state index < -0.39 is 0 Å². The van der Waals surface area contributed by atoms with E-state index >= 15 is 0 Å². The summed E-state index contributed by atoms with van der Waals surface area (Å²) in [5.74, 6) is 0. The second-order valence-electron chi connectivity index (χ2n) is 4.24. The van der Waals surface area contributed by atoms with Gasteiger partial charge in [-0.3, -0.25) is 0 Å². The van der Waals surface area contributed by atoms with Crippen molar-refractivity contribution in [2.75, 3.05) is 12.8 Å². The Morgan fingerprint density at radius 3 is 2.67 bits per heavy atom. The van der Waals surface area contributed by atoms with Crippen molar-refractivity contribution in [3.05, 3.63) is 15.6 Å². The van der Waals surface area contributed by atoms with Crippen molar-refractivity contribution in [1.29, 1.82) is 0 Å². The molecular weight excluding hydrogens is 224 g/mol. The van der Waals surface area contributed by atoms with Crippen molar-refractivity contribution in [2.45, 2.75) is 38.0 Å². The molecule has 2 rings (SSSR count). The molecule has 0 aliphatic heterocycles. The Morgan fingerprint density at radius 1 is 1.47 bits per heavy atom. The van der Waals surface area contributed by atoms with Gasteiger partial charge in [-0.25, -0.2) is 4.98 Å². The molecule has 0 aromatic carbocycles. The van der Waals surface area contributed by atoms with E-state index in [9.17, 15) is 0 Å². The van der Waals surface area contributed by atoms with Gasteiger partial charge < -0.3 is 5.32 Å². The Hall–Kier alpha value is -0.0600. The smallest absolute Gasteiger partial charge is 0.107 e. The van der Waals surface area contributed by atoms with Crippen LogP contribution in [0.3, 0.4) is 0 Å². The highest BCUT2D eigenvalue weighted by atomic mass is 32.2. The van der Waals surface area contributed by atoms with Gasteiger partial charge in [0.05, 0.1) is 5.69 Å². The van der Waals surface area contributed by atoms with Gasteiger partial charge in [0.15, 0.2) is 0 Å². The van der Waals surface area contributed by atoms with Crippen LogP contribution in [-0.4, -0.2) is 22.5 Å². The SMILES string of the molecule is CSC1(CNCc2nc(C)c(C)s2)CC1. The van der Waals surface area contributed by atoms with Gasteiger partial charge in [0, 0.05) is 22.7 Å². The molecular formula is C11H18N2S2. The third-order valence-corrected chi connectivity index (χ3v) is 5.53. The summed E-state index contributed by atoms with van der Waals surface area (Å²) in [6, 6.07) is 0. The summed E-state index contributed by atoms with van der Waals surface area (Å²) in [5, 5.41) is 4.75. The van der Waals surface area contributed by atoms with Crippen molar-refractivity contribution in [3.8, 4) is 0 Å². The number of rotatable bonds is 5. The van der Waals surface area contributed by atoms with Gasteiger partial charge in [0.25, 0.3) is 0 Å². The lowest BCUT2D eigenvalue weighted by atomic mass is 10.4. The highest BCUT2D eigenvalue weighted by molar-refractivity contribution is 8.00.